The molecule has 1 atom stereocenters. The zero-order valence-corrected chi connectivity index (χ0v) is 13.7. The van der Waals surface area contributed by atoms with E-state index in [1.165, 1.54) is 0 Å². The van der Waals surface area contributed by atoms with Gasteiger partial charge in [0, 0.05) is 19.6 Å². The third-order valence-electron chi connectivity index (χ3n) is 4.56. The summed E-state index contributed by atoms with van der Waals surface area (Å²) in [5.74, 6) is 0. The predicted molar refractivity (Wildman–Crippen MR) is 81.0 cm³/mol. The summed E-state index contributed by atoms with van der Waals surface area (Å²) in [4.78, 5) is 15.8. The van der Waals surface area contributed by atoms with Crippen molar-refractivity contribution in [3.05, 3.63) is 0 Å². The van der Waals surface area contributed by atoms with E-state index >= 15 is 0 Å². The summed E-state index contributed by atoms with van der Waals surface area (Å²) in [6.45, 7) is 8.07. The van der Waals surface area contributed by atoms with Crippen LogP contribution in [-0.2, 0) is 4.74 Å². The van der Waals surface area contributed by atoms with Crippen molar-refractivity contribution in [2.75, 3.05) is 33.2 Å². The van der Waals surface area contributed by atoms with Gasteiger partial charge in [0.05, 0.1) is 11.1 Å². The number of amides is 1. The van der Waals surface area contributed by atoms with Crippen molar-refractivity contribution in [1.29, 1.82) is 0 Å². The molecule has 6 heteroatoms. The number of hydrogen-bond donors (Lipinski definition) is 2. The van der Waals surface area contributed by atoms with Gasteiger partial charge in [0.1, 0.15) is 5.60 Å². The highest BCUT2D eigenvalue weighted by Gasteiger charge is 2.56. The minimum atomic E-state index is -0.893. The van der Waals surface area contributed by atoms with E-state index in [1.807, 2.05) is 20.8 Å². The minimum Gasteiger partial charge on any atom is -0.444 e. The zero-order valence-electron chi connectivity index (χ0n) is 13.7. The Balaban J connectivity index is 1.95. The zero-order chi connectivity index (χ0) is 15.9. The summed E-state index contributed by atoms with van der Waals surface area (Å²) in [6, 6.07) is 0. The number of likely N-dealkylation sites (tertiary alicyclic amines) is 2. The maximum Gasteiger partial charge on any atom is 0.410 e. The van der Waals surface area contributed by atoms with Gasteiger partial charge in [-0.2, -0.15) is 0 Å². The van der Waals surface area contributed by atoms with Crippen LogP contribution in [-0.4, -0.2) is 71.0 Å². The second-order valence-electron chi connectivity index (χ2n) is 7.68. The molecule has 2 fully saturated rings. The van der Waals surface area contributed by atoms with Crippen LogP contribution in [0.3, 0.4) is 0 Å². The largest absolute Gasteiger partial charge is 0.444 e. The first-order chi connectivity index (χ1) is 9.55. The van der Waals surface area contributed by atoms with Crippen molar-refractivity contribution in [2.45, 2.75) is 56.8 Å². The lowest BCUT2D eigenvalue weighted by Gasteiger charge is -2.55. The molecule has 2 rings (SSSR count). The molecule has 2 aliphatic rings. The lowest BCUT2D eigenvalue weighted by atomic mass is 9.70. The molecule has 21 heavy (non-hydrogen) atoms. The van der Waals surface area contributed by atoms with Crippen molar-refractivity contribution >= 4 is 6.09 Å². The number of carbonyl (C=O) groups is 1. The van der Waals surface area contributed by atoms with Crippen LogP contribution in [0.4, 0.5) is 4.79 Å². The first-order valence-electron chi connectivity index (χ1n) is 7.72. The number of nitrogens with zero attached hydrogens (tertiary/aromatic N) is 2. The summed E-state index contributed by atoms with van der Waals surface area (Å²) < 4.78 is 5.34. The highest BCUT2D eigenvalue weighted by molar-refractivity contribution is 5.70. The fourth-order valence-corrected chi connectivity index (χ4v) is 3.14. The van der Waals surface area contributed by atoms with Crippen molar-refractivity contribution in [2.24, 2.45) is 5.73 Å². The van der Waals surface area contributed by atoms with Gasteiger partial charge in [0.25, 0.3) is 0 Å². The quantitative estimate of drug-likeness (QED) is 0.748. The van der Waals surface area contributed by atoms with Crippen LogP contribution in [0.1, 0.15) is 40.0 Å². The maximum absolute atomic E-state index is 12.0. The fourth-order valence-electron chi connectivity index (χ4n) is 3.14. The maximum atomic E-state index is 12.0. The second-order valence-corrected chi connectivity index (χ2v) is 7.68. The SMILES string of the molecule is CN1CCCC(O)(C2(N)CN(C(=O)OC(C)(C)C)C2)CC1. The molecule has 1 unspecified atom stereocenters. The Labute approximate surface area is 127 Å². The molecule has 2 saturated heterocycles. The van der Waals surface area contributed by atoms with E-state index in [0.717, 1.165) is 19.5 Å². The average Bonchev–Trinajstić information content (AvgIpc) is 2.46. The Bertz CT molecular complexity index is 401. The third-order valence-corrected chi connectivity index (χ3v) is 4.56. The Hall–Kier alpha value is -0.850. The lowest BCUT2D eigenvalue weighted by Crippen LogP contribution is -2.78. The summed E-state index contributed by atoms with van der Waals surface area (Å²) in [5, 5.41) is 10.9. The predicted octanol–water partition coefficient (Wildman–Crippen LogP) is 0.781. The van der Waals surface area contributed by atoms with Gasteiger partial charge in [-0.25, -0.2) is 4.79 Å². The van der Waals surface area contributed by atoms with Crippen molar-refractivity contribution in [3.63, 3.8) is 0 Å². The fraction of sp³-hybridized carbons (Fsp3) is 0.933. The minimum absolute atomic E-state index is 0.349. The first-order valence-corrected chi connectivity index (χ1v) is 7.72. The van der Waals surface area contributed by atoms with E-state index in [0.29, 0.717) is 25.9 Å². The van der Waals surface area contributed by atoms with E-state index in [9.17, 15) is 9.90 Å². The van der Waals surface area contributed by atoms with Crippen LogP contribution in [0.5, 0.6) is 0 Å². The number of nitrogens with two attached hydrogens (primary N) is 1. The van der Waals surface area contributed by atoms with E-state index in [1.54, 1.807) is 4.90 Å². The molecule has 0 aromatic heterocycles. The monoisotopic (exact) mass is 299 g/mol. The molecule has 0 aromatic rings. The Morgan fingerprint density at radius 1 is 1.24 bits per heavy atom. The van der Waals surface area contributed by atoms with Gasteiger partial charge in [-0.05, 0) is 53.6 Å². The standard InChI is InChI=1S/C15H29N3O3/c1-13(2,3)21-12(19)18-10-14(16,11-18)15(20)6-5-8-17(4)9-7-15/h20H,5-11,16H2,1-4H3. The number of carbonyl (C=O) groups excluding carboxylic acids is 1. The smallest absolute Gasteiger partial charge is 0.410 e. The topological polar surface area (TPSA) is 79.0 Å². The van der Waals surface area contributed by atoms with Crippen LogP contribution in [0, 0.1) is 0 Å². The summed E-state index contributed by atoms with van der Waals surface area (Å²) in [7, 11) is 2.06. The number of rotatable bonds is 1. The van der Waals surface area contributed by atoms with Crippen molar-refractivity contribution < 1.29 is 14.6 Å². The molecule has 0 saturated carbocycles. The van der Waals surface area contributed by atoms with E-state index in [4.69, 9.17) is 10.5 Å². The number of aliphatic hydroxyl groups is 1. The van der Waals surface area contributed by atoms with Gasteiger partial charge in [-0.15, -0.1) is 0 Å². The highest BCUT2D eigenvalue weighted by atomic mass is 16.6. The van der Waals surface area contributed by atoms with E-state index in [-0.39, 0.29) is 6.09 Å². The van der Waals surface area contributed by atoms with Crippen LogP contribution in [0.25, 0.3) is 0 Å². The van der Waals surface area contributed by atoms with Gasteiger partial charge in [-0.1, -0.05) is 0 Å². The van der Waals surface area contributed by atoms with Gasteiger partial charge < -0.3 is 25.4 Å². The molecule has 0 aliphatic carbocycles. The number of hydrogen-bond acceptors (Lipinski definition) is 5. The molecule has 3 N–H and O–H groups in total. The summed E-state index contributed by atoms with van der Waals surface area (Å²) in [6.07, 6.45) is 1.93. The third kappa shape index (κ3) is 3.49. The van der Waals surface area contributed by atoms with Gasteiger partial charge >= 0.3 is 6.09 Å². The molecule has 2 aliphatic heterocycles. The first kappa shape index (κ1) is 16.5. The molecule has 1 amide bonds. The van der Waals surface area contributed by atoms with E-state index < -0.39 is 16.7 Å². The second kappa shape index (κ2) is 5.41. The normalized spacial score (nSPS) is 30.5. The van der Waals surface area contributed by atoms with Crippen LogP contribution >= 0.6 is 0 Å². The van der Waals surface area contributed by atoms with Crippen LogP contribution in [0.15, 0.2) is 0 Å². The number of ether oxygens (including phenoxy) is 1. The summed E-state index contributed by atoms with van der Waals surface area (Å²) in [5.41, 5.74) is 4.29. The van der Waals surface area contributed by atoms with Gasteiger partial charge in [-0.3, -0.25) is 0 Å². The summed E-state index contributed by atoms with van der Waals surface area (Å²) >= 11 is 0. The van der Waals surface area contributed by atoms with E-state index in [2.05, 4.69) is 11.9 Å². The molecule has 2 heterocycles. The van der Waals surface area contributed by atoms with Crippen LogP contribution < -0.4 is 5.73 Å². The Morgan fingerprint density at radius 2 is 1.86 bits per heavy atom. The molecule has 0 radical (unpaired) electrons. The Kier molecular flexibility index (Phi) is 4.26. The molecule has 6 nitrogen and oxygen atoms in total. The van der Waals surface area contributed by atoms with Gasteiger partial charge in [0.15, 0.2) is 0 Å². The highest BCUT2D eigenvalue weighted by Crippen LogP contribution is 2.37. The molecule has 0 spiro atoms. The average molecular weight is 299 g/mol. The molecule has 0 bridgehead atoms. The van der Waals surface area contributed by atoms with Gasteiger partial charge in [0.2, 0.25) is 0 Å². The van der Waals surface area contributed by atoms with Crippen molar-refractivity contribution in [1.82, 2.24) is 9.80 Å². The van der Waals surface area contributed by atoms with Crippen LogP contribution in [0.2, 0.25) is 0 Å². The van der Waals surface area contributed by atoms with Crippen molar-refractivity contribution in [3.8, 4) is 0 Å². The molecule has 0 aromatic carbocycles. The Morgan fingerprint density at radius 3 is 2.43 bits per heavy atom. The molecule has 122 valence electrons. The molecular weight excluding hydrogens is 270 g/mol. The lowest BCUT2D eigenvalue weighted by molar-refractivity contribution is -0.111. The molecular formula is C15H29N3O3.